The van der Waals surface area contributed by atoms with E-state index in [9.17, 15) is 4.79 Å². The van der Waals surface area contributed by atoms with Gasteiger partial charge >= 0.3 is 0 Å². The number of piperazine rings is 1. The molecule has 3 aromatic rings. The van der Waals surface area contributed by atoms with Gasteiger partial charge < -0.3 is 19.4 Å². The fourth-order valence-corrected chi connectivity index (χ4v) is 6.78. The molecular formula is C31H42N6O2. The van der Waals surface area contributed by atoms with Crippen LogP contribution in [0, 0.1) is 11.8 Å². The normalized spacial score (nSPS) is 23.8. The summed E-state index contributed by atoms with van der Waals surface area (Å²) in [7, 11) is 1.83. The SMILES string of the molecule is COC1(c2ccc(-c3cc4c(N5CCN(C(=O)C6CC(C)C6)CC5)ccnn4c3)nc2)CCN(C(C)C)CC1. The van der Waals surface area contributed by atoms with Gasteiger partial charge in [0.1, 0.15) is 0 Å². The van der Waals surface area contributed by atoms with E-state index in [1.165, 1.54) is 0 Å². The Morgan fingerprint density at radius 2 is 1.79 bits per heavy atom. The predicted octanol–water partition coefficient (Wildman–Crippen LogP) is 4.44. The van der Waals surface area contributed by atoms with Gasteiger partial charge in [-0.15, -0.1) is 0 Å². The van der Waals surface area contributed by atoms with E-state index in [2.05, 4.69) is 71.0 Å². The van der Waals surface area contributed by atoms with Crippen molar-refractivity contribution < 1.29 is 9.53 Å². The molecule has 1 amide bonds. The number of amides is 1. The number of rotatable bonds is 6. The van der Waals surface area contributed by atoms with E-state index >= 15 is 0 Å². The molecule has 3 fully saturated rings. The second-order valence-corrected chi connectivity index (χ2v) is 12.1. The zero-order valence-corrected chi connectivity index (χ0v) is 23.8. The van der Waals surface area contributed by atoms with Crippen molar-refractivity contribution in [1.82, 2.24) is 24.4 Å². The number of fused-ring (bicyclic) bond motifs is 1. The van der Waals surface area contributed by atoms with Crippen LogP contribution in [-0.4, -0.2) is 82.7 Å². The molecule has 2 saturated heterocycles. The van der Waals surface area contributed by atoms with E-state index in [4.69, 9.17) is 9.72 Å². The monoisotopic (exact) mass is 530 g/mol. The molecule has 1 aliphatic carbocycles. The van der Waals surface area contributed by atoms with Gasteiger partial charge in [-0.05, 0) is 63.6 Å². The number of anilines is 1. The van der Waals surface area contributed by atoms with Crippen LogP contribution in [0.3, 0.4) is 0 Å². The number of hydrogen-bond donors (Lipinski definition) is 0. The van der Waals surface area contributed by atoms with Gasteiger partial charge in [0.15, 0.2) is 0 Å². The molecule has 0 atom stereocenters. The van der Waals surface area contributed by atoms with Crippen molar-refractivity contribution in [3.63, 3.8) is 0 Å². The van der Waals surface area contributed by atoms with E-state index in [1.54, 1.807) is 0 Å². The van der Waals surface area contributed by atoms with Crippen molar-refractivity contribution in [1.29, 1.82) is 0 Å². The molecule has 6 rings (SSSR count). The first-order valence-corrected chi connectivity index (χ1v) is 14.6. The van der Waals surface area contributed by atoms with Gasteiger partial charge in [0.25, 0.3) is 0 Å². The number of pyridine rings is 1. The smallest absolute Gasteiger partial charge is 0.225 e. The molecule has 1 saturated carbocycles. The maximum absolute atomic E-state index is 12.8. The van der Waals surface area contributed by atoms with Crippen molar-refractivity contribution in [2.45, 2.75) is 58.1 Å². The van der Waals surface area contributed by atoms with Crippen LogP contribution in [0.2, 0.25) is 0 Å². The molecule has 0 spiro atoms. The lowest BCUT2D eigenvalue weighted by molar-refractivity contribution is -0.140. The van der Waals surface area contributed by atoms with Crippen molar-refractivity contribution in [2.24, 2.45) is 11.8 Å². The lowest BCUT2D eigenvalue weighted by atomic mass is 9.75. The summed E-state index contributed by atoms with van der Waals surface area (Å²) in [5.74, 6) is 1.30. The summed E-state index contributed by atoms with van der Waals surface area (Å²) in [4.78, 5) is 24.7. The van der Waals surface area contributed by atoms with Crippen molar-refractivity contribution in [2.75, 3.05) is 51.3 Å². The highest BCUT2D eigenvalue weighted by atomic mass is 16.5. The molecule has 0 aromatic carbocycles. The predicted molar refractivity (Wildman–Crippen MR) is 154 cm³/mol. The number of likely N-dealkylation sites (tertiary alicyclic amines) is 1. The minimum Gasteiger partial charge on any atom is -0.373 e. The van der Waals surface area contributed by atoms with Crippen molar-refractivity contribution in [3.8, 4) is 11.3 Å². The Morgan fingerprint density at radius 1 is 1.05 bits per heavy atom. The summed E-state index contributed by atoms with van der Waals surface area (Å²) >= 11 is 0. The Labute approximate surface area is 231 Å². The second kappa shape index (κ2) is 10.5. The van der Waals surface area contributed by atoms with Gasteiger partial charge in [0, 0.05) is 88.1 Å². The van der Waals surface area contributed by atoms with Crippen LogP contribution in [0.5, 0.6) is 0 Å². The first-order valence-electron chi connectivity index (χ1n) is 14.6. The van der Waals surface area contributed by atoms with E-state index in [0.29, 0.717) is 17.9 Å². The fraction of sp³-hybridized carbons (Fsp3) is 0.581. The number of aromatic nitrogens is 3. The third-order valence-corrected chi connectivity index (χ3v) is 9.45. The molecule has 0 bridgehead atoms. The number of piperidine rings is 1. The van der Waals surface area contributed by atoms with Crippen LogP contribution in [0.25, 0.3) is 16.8 Å². The minimum absolute atomic E-state index is 0.248. The first kappa shape index (κ1) is 26.3. The molecule has 3 aliphatic rings. The summed E-state index contributed by atoms with van der Waals surface area (Å²) in [5, 5.41) is 4.58. The number of hydrogen-bond acceptors (Lipinski definition) is 6. The molecule has 8 nitrogen and oxygen atoms in total. The molecular weight excluding hydrogens is 488 g/mol. The van der Waals surface area contributed by atoms with Crippen LogP contribution in [-0.2, 0) is 15.1 Å². The largest absolute Gasteiger partial charge is 0.373 e. The fourth-order valence-electron chi connectivity index (χ4n) is 6.78. The number of carbonyl (C=O) groups excluding carboxylic acids is 1. The van der Waals surface area contributed by atoms with Crippen LogP contribution in [0.4, 0.5) is 5.69 Å². The summed E-state index contributed by atoms with van der Waals surface area (Å²) in [6.45, 7) is 12.1. The first-order chi connectivity index (χ1) is 18.9. The summed E-state index contributed by atoms with van der Waals surface area (Å²) < 4.78 is 8.06. The highest BCUT2D eigenvalue weighted by molar-refractivity contribution is 5.81. The van der Waals surface area contributed by atoms with Gasteiger partial charge in [-0.3, -0.25) is 9.78 Å². The Hall–Kier alpha value is -2.97. The molecule has 3 aromatic heterocycles. The molecule has 8 heteroatoms. The van der Waals surface area contributed by atoms with Crippen molar-refractivity contribution in [3.05, 3.63) is 48.4 Å². The van der Waals surface area contributed by atoms with Gasteiger partial charge in [0.05, 0.1) is 22.5 Å². The quantitative estimate of drug-likeness (QED) is 0.470. The van der Waals surface area contributed by atoms with E-state index < -0.39 is 0 Å². The minimum atomic E-state index is -0.266. The number of methoxy groups -OCH3 is 1. The van der Waals surface area contributed by atoms with Gasteiger partial charge in [-0.1, -0.05) is 13.0 Å². The summed E-state index contributed by atoms with van der Waals surface area (Å²) in [6.07, 6.45) is 9.98. The zero-order chi connectivity index (χ0) is 27.1. The number of carbonyl (C=O) groups is 1. The highest BCUT2D eigenvalue weighted by Gasteiger charge is 2.37. The standard InChI is InChI=1S/C31H42N6O2/c1-22(2)34-11-8-31(39-4,9-12-34)26-5-6-27(32-20-26)25-19-29-28(7-10-33-37(29)21-25)35-13-15-36(16-14-35)30(38)24-17-23(3)18-24/h5-7,10,19-24H,8-9,11-18H2,1-4H3. The molecule has 208 valence electrons. The molecule has 0 unspecified atom stereocenters. The van der Waals surface area contributed by atoms with Crippen LogP contribution in [0.15, 0.2) is 42.9 Å². The van der Waals surface area contributed by atoms with Gasteiger partial charge in [0.2, 0.25) is 5.91 Å². The van der Waals surface area contributed by atoms with Crippen molar-refractivity contribution >= 4 is 17.1 Å². The molecule has 2 aliphatic heterocycles. The molecule has 0 radical (unpaired) electrons. The Bertz CT molecular complexity index is 1300. The van der Waals surface area contributed by atoms with E-state index in [1.807, 2.05) is 24.0 Å². The van der Waals surface area contributed by atoms with E-state index in [0.717, 1.165) is 93.0 Å². The summed E-state index contributed by atoms with van der Waals surface area (Å²) in [6, 6.07) is 9.14. The Balaban J connectivity index is 1.17. The Kier molecular flexibility index (Phi) is 7.10. The third kappa shape index (κ3) is 4.93. The average molecular weight is 531 g/mol. The summed E-state index contributed by atoms with van der Waals surface area (Å²) in [5.41, 5.74) is 5.11. The van der Waals surface area contributed by atoms with Gasteiger partial charge in [-0.25, -0.2) is 4.52 Å². The second-order valence-electron chi connectivity index (χ2n) is 12.1. The Morgan fingerprint density at radius 3 is 2.41 bits per heavy atom. The topological polar surface area (TPSA) is 66.2 Å². The maximum atomic E-state index is 12.8. The lowest BCUT2D eigenvalue weighted by Gasteiger charge is -2.42. The molecule has 39 heavy (non-hydrogen) atoms. The van der Waals surface area contributed by atoms with Crippen LogP contribution >= 0.6 is 0 Å². The third-order valence-electron chi connectivity index (χ3n) is 9.45. The average Bonchev–Trinajstić information content (AvgIpc) is 3.40. The lowest BCUT2D eigenvalue weighted by Crippen LogP contribution is -2.52. The maximum Gasteiger partial charge on any atom is 0.225 e. The van der Waals surface area contributed by atoms with Gasteiger partial charge in [-0.2, -0.15) is 5.10 Å². The highest BCUT2D eigenvalue weighted by Crippen LogP contribution is 2.38. The number of ether oxygens (including phenoxy) is 1. The van der Waals surface area contributed by atoms with Crippen LogP contribution in [0.1, 0.15) is 52.0 Å². The van der Waals surface area contributed by atoms with Crippen LogP contribution < -0.4 is 4.90 Å². The molecule has 5 heterocycles. The molecule has 0 N–H and O–H groups in total. The zero-order valence-electron chi connectivity index (χ0n) is 23.8. The number of nitrogens with zero attached hydrogens (tertiary/aromatic N) is 6. The van der Waals surface area contributed by atoms with E-state index in [-0.39, 0.29) is 11.5 Å².